The van der Waals surface area contributed by atoms with Gasteiger partial charge in [0.1, 0.15) is 6.61 Å². The second kappa shape index (κ2) is 4.83. The van der Waals surface area contributed by atoms with Gasteiger partial charge in [-0.3, -0.25) is 14.5 Å². The van der Waals surface area contributed by atoms with Gasteiger partial charge in [-0.15, -0.1) is 0 Å². The van der Waals surface area contributed by atoms with Crippen molar-refractivity contribution in [2.45, 2.75) is 24.7 Å². The maximum absolute atomic E-state index is 12.9. The van der Waals surface area contributed by atoms with Crippen molar-refractivity contribution >= 4 is 17.7 Å². The molecule has 0 radical (unpaired) electrons. The summed E-state index contributed by atoms with van der Waals surface area (Å²) < 4.78 is 10.0. The maximum Gasteiger partial charge on any atom is 0.404 e. The molecule has 1 unspecified atom stereocenters. The number of primary amides is 1. The third-order valence-electron chi connectivity index (χ3n) is 5.80. The van der Waals surface area contributed by atoms with Crippen LogP contribution in [0.4, 0.5) is 4.79 Å². The molecule has 134 valence electrons. The molecule has 0 aromatic carbocycles. The summed E-state index contributed by atoms with van der Waals surface area (Å²) in [5, 5.41) is 11.4. The first kappa shape index (κ1) is 16.1. The monoisotopic (exact) mass is 349 g/mol. The summed E-state index contributed by atoms with van der Waals surface area (Å²) >= 11 is 0. The normalized spacial score (nSPS) is 38.6. The second-order valence-electron chi connectivity index (χ2n) is 6.83. The second-order valence-corrected chi connectivity index (χ2v) is 6.83. The first-order valence-electron chi connectivity index (χ1n) is 7.97. The highest BCUT2D eigenvalue weighted by Gasteiger charge is 2.74. The number of aliphatic hydroxyl groups is 1. The SMILES string of the molecule is COC1=C(C)C(=O)C2=C(C1=O)[C@@H](COC(N)=O)[C@]1(O)[C@@H]3[C@H](CN21)N3C. The van der Waals surface area contributed by atoms with Crippen molar-refractivity contribution in [1.29, 1.82) is 0 Å². The molecule has 0 aromatic heterocycles. The number of hydrogen-bond donors (Lipinski definition) is 2. The van der Waals surface area contributed by atoms with E-state index >= 15 is 0 Å². The predicted octanol–water partition coefficient (Wildman–Crippen LogP) is -1.28. The number of carbonyl (C=O) groups is 3. The molecule has 9 nitrogen and oxygen atoms in total. The number of amides is 1. The van der Waals surface area contributed by atoms with Gasteiger partial charge in [0.15, 0.2) is 11.5 Å². The summed E-state index contributed by atoms with van der Waals surface area (Å²) in [4.78, 5) is 40.4. The first-order valence-corrected chi connectivity index (χ1v) is 7.97. The number of likely N-dealkylation sites (N-methyl/N-ethyl adjacent to an activating group) is 1. The molecule has 0 bridgehead atoms. The topological polar surface area (TPSA) is 122 Å². The Hall–Kier alpha value is -2.39. The molecule has 1 amide bonds. The average molecular weight is 349 g/mol. The van der Waals surface area contributed by atoms with Gasteiger partial charge >= 0.3 is 6.09 Å². The lowest BCUT2D eigenvalue weighted by atomic mass is 9.83. The highest BCUT2D eigenvalue weighted by Crippen LogP contribution is 2.57. The third kappa shape index (κ3) is 1.77. The summed E-state index contributed by atoms with van der Waals surface area (Å²) in [6.45, 7) is 1.67. The number of fused-ring (bicyclic) bond motifs is 4. The Morgan fingerprint density at radius 2 is 2.08 bits per heavy atom. The van der Waals surface area contributed by atoms with Gasteiger partial charge in [-0.25, -0.2) is 4.79 Å². The molecule has 0 saturated carbocycles. The minimum absolute atomic E-state index is 0.0432. The zero-order valence-electron chi connectivity index (χ0n) is 14.1. The number of methoxy groups -OCH3 is 1. The van der Waals surface area contributed by atoms with E-state index in [0.717, 1.165) is 0 Å². The molecule has 4 rings (SSSR count). The van der Waals surface area contributed by atoms with E-state index in [9.17, 15) is 19.5 Å². The third-order valence-corrected chi connectivity index (χ3v) is 5.80. The van der Waals surface area contributed by atoms with Gasteiger partial charge < -0.3 is 25.2 Å². The standard InChI is InChI=1S/C16H19N3O6/c1-6-11(20)10-9(12(21)13(6)24-3)7(5-25-15(17)22)16(23)14-8(18(14)2)4-19(10)16/h7-8,14,23H,4-5H2,1-3H3,(H2,17,22)/t7-,8+,14+,16+,18?/m1/s1. The number of ketones is 2. The van der Waals surface area contributed by atoms with Crippen LogP contribution in [-0.4, -0.2) is 77.7 Å². The number of nitrogens with zero attached hydrogens (tertiary/aromatic N) is 2. The van der Waals surface area contributed by atoms with Crippen LogP contribution in [0.2, 0.25) is 0 Å². The van der Waals surface area contributed by atoms with E-state index in [1.54, 1.807) is 4.90 Å². The lowest BCUT2D eigenvalue weighted by molar-refractivity contribution is -0.126. The van der Waals surface area contributed by atoms with Crippen molar-refractivity contribution < 1.29 is 29.0 Å². The van der Waals surface area contributed by atoms with Gasteiger partial charge in [0.25, 0.3) is 0 Å². The molecule has 0 aromatic rings. The zero-order chi connectivity index (χ0) is 18.3. The van der Waals surface area contributed by atoms with Crippen LogP contribution in [0.3, 0.4) is 0 Å². The minimum Gasteiger partial charge on any atom is -0.492 e. The van der Waals surface area contributed by atoms with Crippen molar-refractivity contribution in [3.8, 4) is 0 Å². The summed E-state index contributed by atoms with van der Waals surface area (Å²) in [6.07, 6.45) is -1.00. The van der Waals surface area contributed by atoms with Crippen molar-refractivity contribution in [2.24, 2.45) is 11.7 Å². The van der Waals surface area contributed by atoms with Crippen molar-refractivity contribution in [3.63, 3.8) is 0 Å². The van der Waals surface area contributed by atoms with Gasteiger partial charge in [0.2, 0.25) is 11.6 Å². The van der Waals surface area contributed by atoms with E-state index in [1.165, 1.54) is 14.0 Å². The molecule has 4 aliphatic rings. The predicted molar refractivity (Wildman–Crippen MR) is 82.8 cm³/mol. The van der Waals surface area contributed by atoms with E-state index in [2.05, 4.69) is 0 Å². The van der Waals surface area contributed by atoms with Crippen LogP contribution in [0, 0.1) is 5.92 Å². The molecular weight excluding hydrogens is 330 g/mol. The molecule has 5 atom stereocenters. The Labute approximate surface area is 143 Å². The molecule has 1 aliphatic carbocycles. The van der Waals surface area contributed by atoms with E-state index < -0.39 is 23.5 Å². The van der Waals surface area contributed by atoms with Crippen LogP contribution in [0.5, 0.6) is 0 Å². The number of nitrogens with two attached hydrogens (primary N) is 1. The Kier molecular flexibility index (Phi) is 3.11. The smallest absolute Gasteiger partial charge is 0.404 e. The number of carbonyl (C=O) groups excluding carboxylic acids is 3. The largest absolute Gasteiger partial charge is 0.492 e. The molecule has 25 heavy (non-hydrogen) atoms. The fraction of sp³-hybridized carbons (Fsp3) is 0.562. The highest BCUT2D eigenvalue weighted by atomic mass is 16.5. The summed E-state index contributed by atoms with van der Waals surface area (Å²) in [5.41, 5.74) is 4.09. The Balaban J connectivity index is 1.82. The van der Waals surface area contributed by atoms with Gasteiger partial charge in [0, 0.05) is 23.7 Å². The van der Waals surface area contributed by atoms with Gasteiger partial charge in [-0.1, -0.05) is 0 Å². The summed E-state index contributed by atoms with van der Waals surface area (Å²) in [7, 11) is 3.18. The van der Waals surface area contributed by atoms with Crippen LogP contribution in [0.15, 0.2) is 22.6 Å². The number of rotatable bonds is 3. The van der Waals surface area contributed by atoms with E-state index in [-0.39, 0.29) is 47.1 Å². The fourth-order valence-electron chi connectivity index (χ4n) is 4.60. The zero-order valence-corrected chi connectivity index (χ0v) is 14.1. The number of allylic oxidation sites excluding steroid dienone is 2. The highest BCUT2D eigenvalue weighted by molar-refractivity contribution is 6.25. The lowest BCUT2D eigenvalue weighted by Crippen LogP contribution is -2.53. The molecule has 3 heterocycles. The van der Waals surface area contributed by atoms with E-state index in [1.807, 2.05) is 11.9 Å². The van der Waals surface area contributed by atoms with Gasteiger partial charge in [-0.2, -0.15) is 0 Å². The van der Waals surface area contributed by atoms with Crippen LogP contribution >= 0.6 is 0 Å². The number of hydrogen-bond acceptors (Lipinski definition) is 8. The lowest BCUT2D eigenvalue weighted by Gasteiger charge is -2.37. The number of ether oxygens (including phenoxy) is 2. The van der Waals surface area contributed by atoms with Crippen molar-refractivity contribution in [3.05, 3.63) is 22.6 Å². The quantitative estimate of drug-likeness (QED) is 0.477. The Bertz CT molecular complexity index is 787. The van der Waals surface area contributed by atoms with Crippen molar-refractivity contribution in [2.75, 3.05) is 27.3 Å². The molecule has 2 fully saturated rings. The summed E-state index contributed by atoms with van der Waals surface area (Å²) in [5.74, 6) is -1.73. The number of Topliss-reactive ketones (excluding diaryl/α,β-unsaturated/α-hetero) is 2. The van der Waals surface area contributed by atoms with E-state index in [0.29, 0.717) is 6.54 Å². The molecule has 9 heteroatoms. The van der Waals surface area contributed by atoms with Crippen LogP contribution < -0.4 is 5.73 Å². The molecular formula is C16H19N3O6. The van der Waals surface area contributed by atoms with Crippen LogP contribution in [-0.2, 0) is 19.1 Å². The van der Waals surface area contributed by atoms with Gasteiger partial charge in [0.05, 0.1) is 24.8 Å². The Morgan fingerprint density at radius 1 is 1.40 bits per heavy atom. The van der Waals surface area contributed by atoms with Crippen molar-refractivity contribution in [1.82, 2.24) is 9.80 Å². The maximum atomic E-state index is 12.9. The molecule has 3 N–H and O–H groups in total. The molecule has 3 aliphatic heterocycles. The van der Waals surface area contributed by atoms with E-state index in [4.69, 9.17) is 15.2 Å². The minimum atomic E-state index is -1.49. The molecule has 2 saturated heterocycles. The fourth-order valence-corrected chi connectivity index (χ4v) is 4.60. The van der Waals surface area contributed by atoms with Gasteiger partial charge in [-0.05, 0) is 14.0 Å². The molecule has 0 spiro atoms. The summed E-state index contributed by atoms with van der Waals surface area (Å²) in [6, 6.07) is -0.155. The average Bonchev–Trinajstić information content (AvgIpc) is 2.96. The number of piperazine rings is 1. The first-order chi connectivity index (χ1) is 11.7. The van der Waals surface area contributed by atoms with Crippen LogP contribution in [0.25, 0.3) is 0 Å². The van der Waals surface area contributed by atoms with Crippen LogP contribution in [0.1, 0.15) is 6.92 Å². The Morgan fingerprint density at radius 3 is 2.68 bits per heavy atom.